The third-order valence-electron chi connectivity index (χ3n) is 5.36. The summed E-state index contributed by atoms with van der Waals surface area (Å²) in [4.78, 5) is 1.45. The Morgan fingerprint density at radius 1 is 1.40 bits per heavy atom. The van der Waals surface area contributed by atoms with Crippen LogP contribution in [0.25, 0.3) is 0 Å². The molecule has 2 fully saturated rings. The molecule has 0 aliphatic heterocycles. The molecule has 2 saturated carbocycles. The molecule has 0 radical (unpaired) electrons. The SMILES string of the molecule is CCOC1CC(N[C@@H](C)c2cccs2)C12CCCCC2. The van der Waals surface area contributed by atoms with Gasteiger partial charge in [-0.3, -0.25) is 0 Å². The van der Waals surface area contributed by atoms with E-state index in [1.54, 1.807) is 0 Å². The zero-order valence-electron chi connectivity index (χ0n) is 12.7. The van der Waals surface area contributed by atoms with Crippen LogP contribution in [0.2, 0.25) is 0 Å². The van der Waals surface area contributed by atoms with Crippen molar-refractivity contribution in [1.29, 1.82) is 0 Å². The van der Waals surface area contributed by atoms with Gasteiger partial charge in [0.05, 0.1) is 6.10 Å². The molecule has 1 aromatic rings. The molecule has 1 heterocycles. The zero-order chi connectivity index (χ0) is 14.0. The Kier molecular flexibility index (Phi) is 4.49. The minimum atomic E-state index is 0.430. The normalized spacial score (nSPS) is 30.1. The molecule has 0 aromatic carbocycles. The monoisotopic (exact) mass is 293 g/mol. The Morgan fingerprint density at radius 3 is 2.85 bits per heavy atom. The summed E-state index contributed by atoms with van der Waals surface area (Å²) < 4.78 is 6.04. The second kappa shape index (κ2) is 6.17. The predicted octanol–water partition coefficient (Wildman–Crippen LogP) is 4.53. The molecule has 0 bridgehead atoms. The molecule has 2 aliphatic rings. The molecule has 20 heavy (non-hydrogen) atoms. The number of rotatable bonds is 5. The number of hydrogen-bond donors (Lipinski definition) is 1. The fraction of sp³-hybridized carbons (Fsp3) is 0.765. The van der Waals surface area contributed by atoms with E-state index in [0.29, 0.717) is 23.6 Å². The van der Waals surface area contributed by atoms with Crippen LogP contribution in [-0.2, 0) is 4.74 Å². The first-order valence-electron chi connectivity index (χ1n) is 8.17. The molecule has 0 saturated heterocycles. The standard InChI is InChI=1S/C17H27NOS/c1-3-19-16-12-15(17(16)9-5-4-6-10-17)18-13(2)14-8-7-11-20-14/h7-8,11,13,15-16,18H,3-6,9-10,12H2,1-2H3/t13-,15?,16?/m0/s1. The Morgan fingerprint density at radius 2 is 2.20 bits per heavy atom. The van der Waals surface area contributed by atoms with Crippen LogP contribution >= 0.6 is 11.3 Å². The number of ether oxygens (including phenoxy) is 1. The van der Waals surface area contributed by atoms with E-state index in [1.807, 2.05) is 11.3 Å². The molecule has 2 unspecified atom stereocenters. The highest BCUT2D eigenvalue weighted by Gasteiger charge is 2.55. The first-order valence-corrected chi connectivity index (χ1v) is 9.05. The largest absolute Gasteiger partial charge is 0.378 e. The summed E-state index contributed by atoms with van der Waals surface area (Å²) in [5, 5.41) is 6.07. The molecule has 1 aromatic heterocycles. The highest BCUT2D eigenvalue weighted by Crippen LogP contribution is 2.53. The Hall–Kier alpha value is -0.380. The van der Waals surface area contributed by atoms with Crippen LogP contribution in [0.5, 0.6) is 0 Å². The van der Waals surface area contributed by atoms with Crippen molar-refractivity contribution in [3.8, 4) is 0 Å². The van der Waals surface area contributed by atoms with Crippen molar-refractivity contribution in [3.05, 3.63) is 22.4 Å². The molecule has 112 valence electrons. The third-order valence-corrected chi connectivity index (χ3v) is 6.41. The summed E-state index contributed by atoms with van der Waals surface area (Å²) in [7, 11) is 0. The van der Waals surface area contributed by atoms with E-state index in [4.69, 9.17) is 4.74 Å². The van der Waals surface area contributed by atoms with E-state index in [9.17, 15) is 0 Å². The van der Waals surface area contributed by atoms with E-state index < -0.39 is 0 Å². The molecule has 2 nitrogen and oxygen atoms in total. The summed E-state index contributed by atoms with van der Waals surface area (Å²) in [6, 6.07) is 5.52. The minimum Gasteiger partial charge on any atom is -0.378 e. The first kappa shape index (κ1) is 14.6. The van der Waals surface area contributed by atoms with E-state index in [-0.39, 0.29) is 0 Å². The van der Waals surface area contributed by atoms with Crippen molar-refractivity contribution in [3.63, 3.8) is 0 Å². The molecule has 3 heteroatoms. The van der Waals surface area contributed by atoms with Crippen LogP contribution in [0.15, 0.2) is 17.5 Å². The number of nitrogens with one attached hydrogen (secondary N) is 1. The smallest absolute Gasteiger partial charge is 0.0661 e. The van der Waals surface area contributed by atoms with Gasteiger partial charge in [-0.1, -0.05) is 25.3 Å². The lowest BCUT2D eigenvalue weighted by Crippen LogP contribution is -2.64. The van der Waals surface area contributed by atoms with E-state index in [1.165, 1.54) is 43.4 Å². The Bertz CT molecular complexity index is 411. The second-order valence-corrected chi connectivity index (χ2v) is 7.41. The van der Waals surface area contributed by atoms with E-state index in [2.05, 4.69) is 36.7 Å². The maximum atomic E-state index is 6.04. The average molecular weight is 293 g/mol. The van der Waals surface area contributed by atoms with Crippen molar-refractivity contribution >= 4 is 11.3 Å². The molecule has 3 atom stereocenters. The van der Waals surface area contributed by atoms with Crippen LogP contribution < -0.4 is 5.32 Å². The van der Waals surface area contributed by atoms with E-state index >= 15 is 0 Å². The summed E-state index contributed by atoms with van der Waals surface area (Å²) in [6.45, 7) is 5.29. The lowest BCUT2D eigenvalue weighted by Gasteiger charge is -2.58. The molecular weight excluding hydrogens is 266 g/mol. The van der Waals surface area contributed by atoms with Crippen LogP contribution in [-0.4, -0.2) is 18.8 Å². The topological polar surface area (TPSA) is 21.3 Å². The van der Waals surface area contributed by atoms with Gasteiger partial charge >= 0.3 is 0 Å². The molecule has 2 aliphatic carbocycles. The number of hydrogen-bond acceptors (Lipinski definition) is 3. The number of thiophene rings is 1. The van der Waals surface area contributed by atoms with Gasteiger partial charge in [-0.15, -0.1) is 11.3 Å². The fourth-order valence-corrected chi connectivity index (χ4v) is 4.96. The lowest BCUT2D eigenvalue weighted by atomic mass is 9.55. The van der Waals surface area contributed by atoms with Gasteiger partial charge in [-0.25, -0.2) is 0 Å². The second-order valence-electron chi connectivity index (χ2n) is 6.43. The summed E-state index contributed by atoms with van der Waals surface area (Å²) in [5.74, 6) is 0. The van der Waals surface area contributed by atoms with Gasteiger partial charge in [0.15, 0.2) is 0 Å². The quantitative estimate of drug-likeness (QED) is 0.861. The highest BCUT2D eigenvalue weighted by atomic mass is 32.1. The first-order chi connectivity index (χ1) is 9.76. The van der Waals surface area contributed by atoms with Crippen LogP contribution in [0.3, 0.4) is 0 Å². The van der Waals surface area contributed by atoms with Crippen molar-refractivity contribution in [2.75, 3.05) is 6.61 Å². The summed E-state index contributed by atoms with van der Waals surface area (Å²) in [6.07, 6.45) is 8.58. The summed E-state index contributed by atoms with van der Waals surface area (Å²) in [5.41, 5.74) is 0.430. The Labute approximate surface area is 126 Å². The van der Waals surface area contributed by atoms with Crippen LogP contribution in [0.1, 0.15) is 63.3 Å². The van der Waals surface area contributed by atoms with Crippen molar-refractivity contribution in [1.82, 2.24) is 5.32 Å². The van der Waals surface area contributed by atoms with Gasteiger partial charge in [0.2, 0.25) is 0 Å². The molecule has 1 N–H and O–H groups in total. The van der Waals surface area contributed by atoms with Crippen molar-refractivity contribution in [2.24, 2.45) is 5.41 Å². The van der Waals surface area contributed by atoms with Crippen molar-refractivity contribution < 1.29 is 4.74 Å². The van der Waals surface area contributed by atoms with Crippen molar-refractivity contribution in [2.45, 2.75) is 70.6 Å². The molecule has 0 amide bonds. The predicted molar refractivity (Wildman–Crippen MR) is 85.2 cm³/mol. The van der Waals surface area contributed by atoms with E-state index in [0.717, 1.165) is 6.61 Å². The van der Waals surface area contributed by atoms with Gasteiger partial charge in [-0.05, 0) is 44.6 Å². The molecule has 3 rings (SSSR count). The molecular formula is C17H27NOS. The molecule has 1 spiro atoms. The fourth-order valence-electron chi connectivity index (χ4n) is 4.22. The third kappa shape index (κ3) is 2.56. The maximum Gasteiger partial charge on any atom is 0.0661 e. The van der Waals surface area contributed by atoms with Gasteiger partial charge in [0, 0.05) is 29.0 Å². The highest BCUT2D eigenvalue weighted by molar-refractivity contribution is 7.10. The Balaban J connectivity index is 1.67. The van der Waals surface area contributed by atoms with Gasteiger partial charge in [0.25, 0.3) is 0 Å². The van der Waals surface area contributed by atoms with Crippen LogP contribution in [0.4, 0.5) is 0 Å². The van der Waals surface area contributed by atoms with Gasteiger partial charge in [-0.2, -0.15) is 0 Å². The summed E-state index contributed by atoms with van der Waals surface area (Å²) >= 11 is 1.86. The van der Waals surface area contributed by atoms with Crippen LogP contribution in [0, 0.1) is 5.41 Å². The minimum absolute atomic E-state index is 0.430. The zero-order valence-corrected chi connectivity index (χ0v) is 13.5. The van der Waals surface area contributed by atoms with Gasteiger partial charge in [0.1, 0.15) is 0 Å². The lowest BCUT2D eigenvalue weighted by molar-refractivity contribution is -0.151. The average Bonchev–Trinajstić information content (AvgIpc) is 3.01. The maximum absolute atomic E-state index is 6.04. The van der Waals surface area contributed by atoms with Gasteiger partial charge < -0.3 is 10.1 Å².